The molecular formula is C21H28N2O4S. The van der Waals surface area contributed by atoms with Crippen LogP contribution in [0.3, 0.4) is 0 Å². The largest absolute Gasteiger partial charge is 0.492 e. The van der Waals surface area contributed by atoms with Crippen molar-refractivity contribution in [3.05, 3.63) is 48.0 Å². The lowest BCUT2D eigenvalue weighted by Crippen LogP contribution is -2.15. The predicted octanol–water partition coefficient (Wildman–Crippen LogP) is 4.58. The third kappa shape index (κ3) is 5.99. The number of sulfonamides is 1. The Bertz CT molecular complexity index is 893. The first-order valence-corrected chi connectivity index (χ1v) is 11.1. The van der Waals surface area contributed by atoms with Crippen LogP contribution in [0, 0.1) is 0 Å². The Kier molecular flexibility index (Phi) is 7.87. The fourth-order valence-electron chi connectivity index (χ4n) is 2.63. The van der Waals surface area contributed by atoms with Gasteiger partial charge in [0.1, 0.15) is 5.75 Å². The second-order valence-corrected chi connectivity index (χ2v) is 8.08. The minimum atomic E-state index is -3.80. The van der Waals surface area contributed by atoms with Crippen LogP contribution >= 0.6 is 0 Å². The molecule has 2 N–H and O–H groups in total. The molecule has 1 amide bonds. The number of carbonyl (C=O) groups is 1. The molecule has 0 aliphatic rings. The van der Waals surface area contributed by atoms with Crippen molar-refractivity contribution in [2.24, 2.45) is 0 Å². The number of benzene rings is 2. The Morgan fingerprint density at radius 2 is 1.75 bits per heavy atom. The molecule has 0 atom stereocenters. The van der Waals surface area contributed by atoms with Crippen molar-refractivity contribution >= 4 is 27.3 Å². The zero-order valence-corrected chi connectivity index (χ0v) is 17.4. The highest BCUT2D eigenvalue weighted by Crippen LogP contribution is 2.29. The number of amides is 1. The first kappa shape index (κ1) is 21.8. The molecule has 0 aliphatic carbocycles. The van der Waals surface area contributed by atoms with Gasteiger partial charge in [-0.05, 0) is 55.7 Å². The molecule has 2 rings (SSSR count). The molecule has 6 nitrogen and oxygen atoms in total. The maximum absolute atomic E-state index is 12.8. The van der Waals surface area contributed by atoms with Gasteiger partial charge in [-0.3, -0.25) is 9.52 Å². The Morgan fingerprint density at radius 1 is 1.04 bits per heavy atom. The molecule has 0 aromatic heterocycles. The van der Waals surface area contributed by atoms with E-state index in [1.807, 2.05) is 19.1 Å². The summed E-state index contributed by atoms with van der Waals surface area (Å²) in [6.45, 7) is 6.09. The third-order valence-corrected chi connectivity index (χ3v) is 5.56. The molecule has 0 saturated carbocycles. The van der Waals surface area contributed by atoms with E-state index in [2.05, 4.69) is 17.0 Å². The van der Waals surface area contributed by atoms with Crippen LogP contribution in [0.4, 0.5) is 11.4 Å². The molecule has 2 aromatic rings. The highest BCUT2D eigenvalue weighted by atomic mass is 32.2. The second-order valence-electron chi connectivity index (χ2n) is 6.40. The van der Waals surface area contributed by atoms with Gasteiger partial charge >= 0.3 is 0 Å². The van der Waals surface area contributed by atoms with Crippen molar-refractivity contribution in [3.8, 4) is 5.75 Å². The SMILES string of the molecule is CCCCc1ccc(NS(=O)(=O)c2ccc(OCC)c(NC(=O)CC)c2)cc1. The van der Waals surface area contributed by atoms with Crippen LogP contribution in [0.5, 0.6) is 5.75 Å². The average Bonchev–Trinajstić information content (AvgIpc) is 2.68. The number of hydrogen-bond donors (Lipinski definition) is 2. The van der Waals surface area contributed by atoms with E-state index in [1.54, 1.807) is 25.1 Å². The van der Waals surface area contributed by atoms with Gasteiger partial charge in [-0.2, -0.15) is 0 Å². The maximum Gasteiger partial charge on any atom is 0.261 e. The summed E-state index contributed by atoms with van der Waals surface area (Å²) in [7, 11) is -3.80. The maximum atomic E-state index is 12.8. The van der Waals surface area contributed by atoms with E-state index in [9.17, 15) is 13.2 Å². The Hall–Kier alpha value is -2.54. The van der Waals surface area contributed by atoms with Crippen molar-refractivity contribution in [1.29, 1.82) is 0 Å². The quantitative estimate of drug-likeness (QED) is 0.607. The Morgan fingerprint density at radius 3 is 2.36 bits per heavy atom. The summed E-state index contributed by atoms with van der Waals surface area (Å²) in [5.74, 6) is 0.217. The van der Waals surface area contributed by atoms with Crippen LogP contribution in [0.1, 0.15) is 45.6 Å². The fourth-order valence-corrected chi connectivity index (χ4v) is 3.71. The summed E-state index contributed by atoms with van der Waals surface area (Å²) < 4.78 is 33.6. The molecule has 2 aromatic carbocycles. The van der Waals surface area contributed by atoms with Crippen LogP contribution in [-0.2, 0) is 21.2 Å². The smallest absolute Gasteiger partial charge is 0.261 e. The summed E-state index contributed by atoms with van der Waals surface area (Å²) in [6.07, 6.45) is 3.47. The lowest BCUT2D eigenvalue weighted by molar-refractivity contribution is -0.115. The molecule has 0 radical (unpaired) electrons. The number of rotatable bonds is 10. The van der Waals surface area contributed by atoms with E-state index in [-0.39, 0.29) is 17.2 Å². The van der Waals surface area contributed by atoms with Crippen LogP contribution in [-0.4, -0.2) is 20.9 Å². The first-order chi connectivity index (χ1) is 13.4. The van der Waals surface area contributed by atoms with Gasteiger partial charge in [0, 0.05) is 12.1 Å². The minimum Gasteiger partial charge on any atom is -0.492 e. The number of ether oxygens (including phenoxy) is 1. The second kappa shape index (κ2) is 10.1. The molecule has 152 valence electrons. The molecule has 0 aliphatic heterocycles. The van der Waals surface area contributed by atoms with Crippen molar-refractivity contribution in [3.63, 3.8) is 0 Å². The summed E-state index contributed by atoms with van der Waals surface area (Å²) in [4.78, 5) is 11.8. The number of carbonyl (C=O) groups excluding carboxylic acids is 1. The summed E-state index contributed by atoms with van der Waals surface area (Å²) in [5.41, 5.74) is 2.01. The van der Waals surface area contributed by atoms with Gasteiger partial charge in [0.15, 0.2) is 0 Å². The molecule has 0 fully saturated rings. The van der Waals surface area contributed by atoms with Gasteiger partial charge in [0.2, 0.25) is 5.91 Å². The summed E-state index contributed by atoms with van der Waals surface area (Å²) in [6, 6.07) is 11.8. The molecule has 0 spiro atoms. The monoisotopic (exact) mass is 404 g/mol. The standard InChI is InChI=1S/C21H28N2O4S/c1-4-7-8-16-9-11-17(12-10-16)23-28(25,26)18-13-14-20(27-6-3)19(15-18)22-21(24)5-2/h9-15,23H,4-8H2,1-3H3,(H,22,24). The minimum absolute atomic E-state index is 0.0532. The molecular weight excluding hydrogens is 376 g/mol. The third-order valence-electron chi connectivity index (χ3n) is 4.18. The van der Waals surface area contributed by atoms with Gasteiger partial charge in [-0.1, -0.05) is 32.4 Å². The van der Waals surface area contributed by atoms with Gasteiger partial charge in [-0.15, -0.1) is 0 Å². The topological polar surface area (TPSA) is 84.5 Å². The number of nitrogens with one attached hydrogen (secondary N) is 2. The summed E-state index contributed by atoms with van der Waals surface area (Å²) >= 11 is 0. The van der Waals surface area contributed by atoms with Gasteiger partial charge in [-0.25, -0.2) is 8.42 Å². The molecule has 28 heavy (non-hydrogen) atoms. The predicted molar refractivity (Wildman–Crippen MR) is 112 cm³/mol. The van der Waals surface area contributed by atoms with Crippen LogP contribution < -0.4 is 14.8 Å². The molecule has 0 heterocycles. The van der Waals surface area contributed by atoms with Crippen molar-refractivity contribution in [1.82, 2.24) is 0 Å². The van der Waals surface area contributed by atoms with Gasteiger partial charge in [0.25, 0.3) is 10.0 Å². The average molecular weight is 405 g/mol. The number of anilines is 2. The number of unbranched alkanes of at least 4 members (excludes halogenated alkanes) is 1. The van der Waals surface area contributed by atoms with E-state index in [0.717, 1.165) is 19.3 Å². The van der Waals surface area contributed by atoms with Crippen molar-refractivity contribution in [2.45, 2.75) is 51.3 Å². The van der Waals surface area contributed by atoms with Crippen LogP contribution in [0.15, 0.2) is 47.4 Å². The summed E-state index contributed by atoms with van der Waals surface area (Å²) in [5, 5.41) is 2.69. The van der Waals surface area contributed by atoms with Crippen LogP contribution in [0.25, 0.3) is 0 Å². The lowest BCUT2D eigenvalue weighted by atomic mass is 10.1. The first-order valence-electron chi connectivity index (χ1n) is 9.58. The highest BCUT2D eigenvalue weighted by Gasteiger charge is 2.18. The fraction of sp³-hybridized carbons (Fsp3) is 0.381. The van der Waals surface area contributed by atoms with E-state index in [4.69, 9.17) is 4.74 Å². The highest BCUT2D eigenvalue weighted by molar-refractivity contribution is 7.92. The zero-order chi connectivity index (χ0) is 20.6. The number of hydrogen-bond acceptors (Lipinski definition) is 4. The van der Waals surface area contributed by atoms with Crippen LogP contribution in [0.2, 0.25) is 0 Å². The van der Waals surface area contributed by atoms with E-state index < -0.39 is 10.0 Å². The molecule has 0 saturated heterocycles. The molecule has 0 unspecified atom stereocenters. The van der Waals surface area contributed by atoms with Crippen molar-refractivity contribution < 1.29 is 17.9 Å². The molecule has 0 bridgehead atoms. The van der Waals surface area contributed by atoms with Gasteiger partial charge in [0.05, 0.1) is 17.2 Å². The normalized spacial score (nSPS) is 11.1. The van der Waals surface area contributed by atoms with Crippen molar-refractivity contribution in [2.75, 3.05) is 16.6 Å². The Labute approximate surface area is 167 Å². The van der Waals surface area contributed by atoms with E-state index in [1.165, 1.54) is 17.7 Å². The van der Waals surface area contributed by atoms with Gasteiger partial charge < -0.3 is 10.1 Å². The zero-order valence-electron chi connectivity index (χ0n) is 16.6. The van der Waals surface area contributed by atoms with E-state index in [0.29, 0.717) is 23.7 Å². The molecule has 7 heteroatoms. The number of aryl methyl sites for hydroxylation is 1. The van der Waals surface area contributed by atoms with E-state index >= 15 is 0 Å². The lowest BCUT2D eigenvalue weighted by Gasteiger charge is -2.14. The Balaban J connectivity index is 2.24.